The first-order valence-corrected chi connectivity index (χ1v) is 9.75. The molecule has 0 N–H and O–H groups in total. The molecule has 2 atom stereocenters. The Morgan fingerprint density at radius 3 is 2.37 bits per heavy atom. The highest BCUT2D eigenvalue weighted by molar-refractivity contribution is 6.05. The van der Waals surface area contributed by atoms with Gasteiger partial charge in [0.05, 0.1) is 25.4 Å². The minimum atomic E-state index is -1.10. The first kappa shape index (κ1) is 18.6. The molecule has 2 bridgehead atoms. The summed E-state index contributed by atoms with van der Waals surface area (Å²) in [6.45, 7) is 0. The number of rotatable bonds is 4. The molecule has 30 heavy (non-hydrogen) atoms. The lowest BCUT2D eigenvalue weighted by Gasteiger charge is -2.29. The van der Waals surface area contributed by atoms with E-state index in [1.807, 2.05) is 48.5 Å². The second kappa shape index (κ2) is 6.82. The molecule has 0 aromatic heterocycles. The quantitative estimate of drug-likeness (QED) is 0.620. The molecule has 0 unspecified atom stereocenters. The van der Waals surface area contributed by atoms with Crippen molar-refractivity contribution in [2.75, 3.05) is 14.2 Å². The lowest BCUT2D eigenvalue weighted by Crippen LogP contribution is -2.34. The van der Waals surface area contributed by atoms with Crippen LogP contribution in [-0.2, 0) is 35.8 Å². The van der Waals surface area contributed by atoms with Crippen molar-refractivity contribution in [3.8, 4) is 0 Å². The van der Waals surface area contributed by atoms with E-state index in [0.717, 1.165) is 27.5 Å². The van der Waals surface area contributed by atoms with E-state index >= 15 is 0 Å². The van der Waals surface area contributed by atoms with Crippen molar-refractivity contribution in [3.63, 3.8) is 0 Å². The number of ether oxygens (including phenoxy) is 3. The van der Waals surface area contributed by atoms with Crippen molar-refractivity contribution in [3.05, 3.63) is 94.6 Å². The molecule has 3 aromatic carbocycles. The molecule has 0 amide bonds. The summed E-state index contributed by atoms with van der Waals surface area (Å²) in [4.78, 5) is 25.5. The number of carbonyl (C=O) groups excluding carboxylic acids is 2. The fraction of sp³-hybridized carbons (Fsp3) is 0.200. The Bertz CT molecular complexity index is 1220. The molecule has 2 aliphatic heterocycles. The Morgan fingerprint density at radius 2 is 1.60 bits per heavy atom. The molecule has 5 heteroatoms. The Morgan fingerprint density at radius 1 is 0.900 bits per heavy atom. The van der Waals surface area contributed by atoms with E-state index in [0.29, 0.717) is 6.42 Å². The lowest BCUT2D eigenvalue weighted by atomic mass is 9.74. The van der Waals surface area contributed by atoms with E-state index in [1.165, 1.54) is 14.2 Å². The molecule has 150 valence electrons. The average Bonchev–Trinajstić information content (AvgIpc) is 3.29. The summed E-state index contributed by atoms with van der Waals surface area (Å²) in [5.74, 6) is -1.15. The number of hydrogen-bond donors (Lipinski definition) is 0. The van der Waals surface area contributed by atoms with Crippen molar-refractivity contribution in [1.82, 2.24) is 0 Å². The van der Waals surface area contributed by atoms with E-state index < -0.39 is 23.6 Å². The van der Waals surface area contributed by atoms with E-state index in [2.05, 4.69) is 18.2 Å². The Labute approximate surface area is 173 Å². The van der Waals surface area contributed by atoms with Crippen molar-refractivity contribution >= 4 is 22.7 Å². The van der Waals surface area contributed by atoms with Crippen molar-refractivity contribution in [2.45, 2.75) is 18.1 Å². The maximum atomic E-state index is 12.9. The summed E-state index contributed by atoms with van der Waals surface area (Å²) < 4.78 is 16.5. The van der Waals surface area contributed by atoms with Crippen molar-refractivity contribution in [2.24, 2.45) is 0 Å². The highest BCUT2D eigenvalue weighted by Gasteiger charge is 2.60. The van der Waals surface area contributed by atoms with E-state index in [9.17, 15) is 9.59 Å². The van der Waals surface area contributed by atoms with Gasteiger partial charge in [0.15, 0.2) is 0 Å². The smallest absolute Gasteiger partial charge is 0.337 e. The molecule has 5 rings (SSSR count). The SMILES string of the molecule is COC(=O)C1=C(C(=O)OC)[C@@]2(Cc3ccc4ccccc4c3)O[C@@H]1c1ccccc12. The maximum Gasteiger partial charge on any atom is 0.337 e. The number of esters is 2. The highest BCUT2D eigenvalue weighted by atomic mass is 16.6. The molecule has 0 spiro atoms. The van der Waals surface area contributed by atoms with Crippen LogP contribution < -0.4 is 0 Å². The van der Waals surface area contributed by atoms with Gasteiger partial charge < -0.3 is 14.2 Å². The molecule has 3 aromatic rings. The first-order chi connectivity index (χ1) is 14.6. The van der Waals surface area contributed by atoms with Gasteiger partial charge in [-0.05, 0) is 27.5 Å². The van der Waals surface area contributed by atoms with Crippen LogP contribution in [0, 0.1) is 0 Å². The van der Waals surface area contributed by atoms with Crippen LogP contribution in [0.2, 0.25) is 0 Å². The van der Waals surface area contributed by atoms with Crippen LogP contribution in [0.5, 0.6) is 0 Å². The van der Waals surface area contributed by atoms with E-state index in [4.69, 9.17) is 14.2 Å². The van der Waals surface area contributed by atoms with Crippen LogP contribution in [0.25, 0.3) is 10.8 Å². The van der Waals surface area contributed by atoms with Crippen LogP contribution >= 0.6 is 0 Å². The third kappa shape index (κ3) is 2.52. The lowest BCUT2D eigenvalue weighted by molar-refractivity contribution is -0.140. The normalized spacial score (nSPS) is 21.6. The summed E-state index contributed by atoms with van der Waals surface area (Å²) in [5.41, 5.74) is 2.12. The van der Waals surface area contributed by atoms with Gasteiger partial charge >= 0.3 is 11.9 Å². The fourth-order valence-corrected chi connectivity index (χ4v) is 4.74. The van der Waals surface area contributed by atoms with Crippen molar-refractivity contribution < 1.29 is 23.8 Å². The first-order valence-electron chi connectivity index (χ1n) is 9.75. The van der Waals surface area contributed by atoms with Crippen LogP contribution in [0.4, 0.5) is 0 Å². The fourth-order valence-electron chi connectivity index (χ4n) is 4.74. The molecule has 0 saturated heterocycles. The van der Waals surface area contributed by atoms with Gasteiger partial charge in [0, 0.05) is 6.42 Å². The van der Waals surface area contributed by atoms with Crippen LogP contribution in [0.15, 0.2) is 77.9 Å². The van der Waals surface area contributed by atoms with Gasteiger partial charge in [-0.15, -0.1) is 0 Å². The maximum absolute atomic E-state index is 12.9. The zero-order valence-corrected chi connectivity index (χ0v) is 16.7. The molecule has 0 saturated carbocycles. The summed E-state index contributed by atoms with van der Waals surface area (Å²) in [7, 11) is 2.62. The molecule has 5 nitrogen and oxygen atoms in total. The molecule has 0 radical (unpaired) electrons. The Hall–Kier alpha value is -3.44. The van der Waals surface area contributed by atoms with Crippen LogP contribution in [-0.4, -0.2) is 26.2 Å². The molecule has 0 aliphatic carbocycles. The van der Waals surface area contributed by atoms with Gasteiger partial charge in [0.1, 0.15) is 11.7 Å². The number of benzene rings is 3. The number of fused-ring (bicyclic) bond motifs is 6. The van der Waals surface area contributed by atoms with Crippen LogP contribution in [0.3, 0.4) is 0 Å². The summed E-state index contributed by atoms with van der Waals surface area (Å²) in [6.07, 6.45) is -0.251. The predicted molar refractivity (Wildman–Crippen MR) is 111 cm³/mol. The second-order valence-electron chi connectivity index (χ2n) is 7.54. The third-order valence-corrected chi connectivity index (χ3v) is 5.99. The van der Waals surface area contributed by atoms with Gasteiger partial charge in [-0.2, -0.15) is 0 Å². The van der Waals surface area contributed by atoms with Gasteiger partial charge in [0.25, 0.3) is 0 Å². The van der Waals surface area contributed by atoms with Gasteiger partial charge in [-0.3, -0.25) is 0 Å². The van der Waals surface area contributed by atoms with E-state index in [-0.39, 0.29) is 11.1 Å². The summed E-state index contributed by atoms with van der Waals surface area (Å²) in [6, 6.07) is 22.0. The molecule has 0 fully saturated rings. The van der Waals surface area contributed by atoms with Gasteiger partial charge in [0.2, 0.25) is 0 Å². The van der Waals surface area contributed by atoms with E-state index in [1.54, 1.807) is 0 Å². The molecule has 2 aliphatic rings. The average molecular weight is 400 g/mol. The van der Waals surface area contributed by atoms with Crippen molar-refractivity contribution in [1.29, 1.82) is 0 Å². The zero-order chi connectivity index (χ0) is 20.9. The standard InChI is InChI=1S/C25H20O5/c1-28-23(26)20-21(24(27)29-2)25(19-10-6-5-9-18(19)22(20)30-25)14-15-11-12-16-7-3-4-8-17(16)13-15/h3-13,22H,14H2,1-2H3/t22-,25+/m1/s1. The molecular formula is C25H20O5. The van der Waals surface area contributed by atoms with Crippen LogP contribution in [0.1, 0.15) is 22.8 Å². The minimum Gasteiger partial charge on any atom is -0.466 e. The topological polar surface area (TPSA) is 61.8 Å². The van der Waals surface area contributed by atoms with Gasteiger partial charge in [-0.25, -0.2) is 9.59 Å². The second-order valence-corrected chi connectivity index (χ2v) is 7.54. The zero-order valence-electron chi connectivity index (χ0n) is 16.7. The molecular weight excluding hydrogens is 380 g/mol. The number of carbonyl (C=O) groups is 2. The summed E-state index contributed by atoms with van der Waals surface area (Å²) in [5, 5.41) is 2.23. The number of hydrogen-bond acceptors (Lipinski definition) is 5. The predicted octanol–water partition coefficient (Wildman–Crippen LogP) is 4.01. The largest absolute Gasteiger partial charge is 0.466 e. The minimum absolute atomic E-state index is 0.226. The Kier molecular flexibility index (Phi) is 4.22. The number of methoxy groups -OCH3 is 2. The third-order valence-electron chi connectivity index (χ3n) is 5.99. The highest BCUT2D eigenvalue weighted by Crippen LogP contribution is 2.59. The Balaban J connectivity index is 1.71. The monoisotopic (exact) mass is 400 g/mol. The molecule has 2 heterocycles. The summed E-state index contributed by atoms with van der Waals surface area (Å²) >= 11 is 0. The van der Waals surface area contributed by atoms with Gasteiger partial charge in [-0.1, -0.05) is 66.7 Å².